The smallest absolute Gasteiger partial charge is 0.250 e. The minimum atomic E-state index is -0.0558. The third-order valence-corrected chi connectivity index (χ3v) is 4.51. The van der Waals surface area contributed by atoms with Crippen molar-refractivity contribution < 1.29 is 9.63 Å². The fourth-order valence-corrected chi connectivity index (χ4v) is 3.10. The van der Waals surface area contributed by atoms with Crippen LogP contribution >= 0.6 is 11.3 Å². The van der Waals surface area contributed by atoms with Crippen molar-refractivity contribution in [3.63, 3.8) is 0 Å². The van der Waals surface area contributed by atoms with Crippen LogP contribution in [0.25, 0.3) is 10.3 Å². The van der Waals surface area contributed by atoms with Gasteiger partial charge in [0, 0.05) is 19.2 Å². The van der Waals surface area contributed by atoms with Gasteiger partial charge in [0.2, 0.25) is 5.91 Å². The summed E-state index contributed by atoms with van der Waals surface area (Å²) in [5.41, 5.74) is 1.91. The van der Waals surface area contributed by atoms with E-state index in [9.17, 15) is 4.79 Å². The van der Waals surface area contributed by atoms with Gasteiger partial charge in [-0.15, -0.1) is 11.3 Å². The number of hydrogen-bond acceptors (Lipinski definition) is 4. The van der Waals surface area contributed by atoms with Gasteiger partial charge in [-0.05, 0) is 18.4 Å². The average Bonchev–Trinajstić information content (AvgIpc) is 3.03. The van der Waals surface area contributed by atoms with Crippen LogP contribution in [0.4, 0.5) is 0 Å². The summed E-state index contributed by atoms with van der Waals surface area (Å²) in [6.07, 6.45) is 4.70. The predicted molar refractivity (Wildman–Crippen MR) is 69.4 cm³/mol. The Kier molecular flexibility index (Phi) is 2.83. The molecule has 6 heteroatoms. The Balaban J connectivity index is 1.85. The number of hydroxylamine groups is 2. The van der Waals surface area contributed by atoms with Crippen molar-refractivity contribution >= 4 is 27.6 Å². The zero-order valence-electron chi connectivity index (χ0n) is 10.4. The second-order valence-electron chi connectivity index (χ2n) is 4.57. The fourth-order valence-electron chi connectivity index (χ4n) is 1.89. The van der Waals surface area contributed by atoms with Gasteiger partial charge in [-0.2, -0.15) is 0 Å². The Morgan fingerprint density at radius 2 is 2.44 bits per heavy atom. The van der Waals surface area contributed by atoms with Gasteiger partial charge in [0.15, 0.2) is 0 Å². The van der Waals surface area contributed by atoms with Gasteiger partial charge < -0.3 is 4.98 Å². The molecule has 1 aliphatic rings. The molecule has 0 unspecified atom stereocenters. The highest BCUT2D eigenvalue weighted by molar-refractivity contribution is 7.18. The number of H-pyrrole nitrogens is 1. The zero-order valence-corrected chi connectivity index (χ0v) is 11.2. The lowest BCUT2D eigenvalue weighted by Crippen LogP contribution is -2.26. The Labute approximate surface area is 109 Å². The number of rotatable bonds is 4. The summed E-state index contributed by atoms with van der Waals surface area (Å²) in [4.78, 5) is 24.4. The normalized spacial score (nSPS) is 15.2. The van der Waals surface area contributed by atoms with E-state index in [4.69, 9.17) is 4.84 Å². The van der Waals surface area contributed by atoms with Crippen molar-refractivity contribution in [1.82, 2.24) is 15.0 Å². The third kappa shape index (κ3) is 2.02. The van der Waals surface area contributed by atoms with Crippen LogP contribution in [-0.4, -0.2) is 35.1 Å². The van der Waals surface area contributed by atoms with E-state index in [1.165, 1.54) is 30.0 Å². The van der Waals surface area contributed by atoms with Crippen LogP contribution in [0.5, 0.6) is 0 Å². The molecule has 0 radical (unpaired) electrons. The maximum Gasteiger partial charge on any atom is 0.250 e. The number of aromatic nitrogens is 2. The molecule has 2 heterocycles. The van der Waals surface area contributed by atoms with Gasteiger partial charge in [-0.25, -0.2) is 10.0 Å². The van der Waals surface area contributed by atoms with E-state index in [1.807, 2.05) is 6.20 Å². The first-order chi connectivity index (χ1) is 8.69. The molecule has 5 nitrogen and oxygen atoms in total. The van der Waals surface area contributed by atoms with Crippen molar-refractivity contribution in [3.05, 3.63) is 16.8 Å². The zero-order chi connectivity index (χ0) is 12.7. The number of thiazole rings is 1. The van der Waals surface area contributed by atoms with E-state index in [-0.39, 0.29) is 5.91 Å². The first-order valence-corrected chi connectivity index (χ1v) is 6.78. The Morgan fingerprint density at radius 3 is 3.11 bits per heavy atom. The van der Waals surface area contributed by atoms with Gasteiger partial charge in [-0.1, -0.05) is 0 Å². The maximum atomic E-state index is 11.8. The minimum absolute atomic E-state index is 0.0558. The molecule has 1 N–H and O–H groups in total. The summed E-state index contributed by atoms with van der Waals surface area (Å²) < 4.78 is 1.11. The third-order valence-electron chi connectivity index (χ3n) is 3.21. The number of amides is 1. The van der Waals surface area contributed by atoms with Crippen molar-refractivity contribution in [2.45, 2.75) is 25.2 Å². The fraction of sp³-hybridized carbons (Fsp3) is 0.500. The number of hydrogen-bond donors (Lipinski definition) is 1. The van der Waals surface area contributed by atoms with Gasteiger partial charge in [0.25, 0.3) is 0 Å². The number of nitrogens with one attached hydrogen (secondary N) is 1. The van der Waals surface area contributed by atoms with Crippen LogP contribution in [0, 0.1) is 0 Å². The molecular formula is C12H15N3O2S. The molecule has 2 aromatic rings. The highest BCUT2D eigenvalue weighted by Gasteiger charge is 2.28. The van der Waals surface area contributed by atoms with Crippen molar-refractivity contribution in [1.29, 1.82) is 0 Å². The van der Waals surface area contributed by atoms with Crippen molar-refractivity contribution in [2.24, 2.45) is 0 Å². The largest absolute Gasteiger partial charge is 0.345 e. The standard InChI is InChI=1S/C12H15N3O2S/c1-15(17-2)9(16)5-8-6-13-11-10(8)18-12(14-11)7-3-4-7/h6-7,13H,3-5H2,1-2H3. The van der Waals surface area contributed by atoms with Crippen molar-refractivity contribution in [2.75, 3.05) is 14.2 Å². The lowest BCUT2D eigenvalue weighted by molar-refractivity contribution is -0.167. The van der Waals surface area contributed by atoms with Gasteiger partial charge in [-0.3, -0.25) is 9.63 Å². The summed E-state index contributed by atoms with van der Waals surface area (Å²) in [7, 11) is 3.11. The molecule has 0 atom stereocenters. The van der Waals surface area contributed by atoms with Crippen LogP contribution in [0.1, 0.15) is 29.3 Å². The molecule has 1 fully saturated rings. The number of aromatic amines is 1. The minimum Gasteiger partial charge on any atom is -0.345 e. The Hall–Kier alpha value is -1.40. The number of likely N-dealkylation sites (N-methyl/N-ethyl adjacent to an activating group) is 1. The molecule has 0 saturated heterocycles. The van der Waals surface area contributed by atoms with E-state index in [0.29, 0.717) is 12.3 Å². The SMILES string of the molecule is CON(C)C(=O)Cc1c[nH]c2nc(C3CC3)sc12. The number of fused-ring (bicyclic) bond motifs is 1. The van der Waals surface area contributed by atoms with Crippen LogP contribution in [0.15, 0.2) is 6.20 Å². The lowest BCUT2D eigenvalue weighted by Gasteiger charge is -2.12. The molecule has 0 aromatic carbocycles. The number of nitrogens with zero attached hydrogens (tertiary/aromatic N) is 2. The summed E-state index contributed by atoms with van der Waals surface area (Å²) in [5.74, 6) is 0.598. The second kappa shape index (κ2) is 4.37. The van der Waals surface area contributed by atoms with Crippen LogP contribution in [0.2, 0.25) is 0 Å². The summed E-state index contributed by atoms with van der Waals surface area (Å²) in [6, 6.07) is 0. The van der Waals surface area contributed by atoms with Crippen LogP contribution < -0.4 is 0 Å². The first kappa shape index (κ1) is 11.7. The summed E-state index contributed by atoms with van der Waals surface area (Å²) in [6.45, 7) is 0. The van der Waals surface area contributed by atoms with E-state index in [0.717, 1.165) is 15.9 Å². The molecule has 0 bridgehead atoms. The molecule has 18 heavy (non-hydrogen) atoms. The van der Waals surface area contributed by atoms with Crippen LogP contribution in [0.3, 0.4) is 0 Å². The van der Waals surface area contributed by atoms with Gasteiger partial charge >= 0.3 is 0 Å². The number of carbonyl (C=O) groups is 1. The maximum absolute atomic E-state index is 11.8. The Bertz CT molecular complexity index is 585. The quantitative estimate of drug-likeness (QED) is 0.861. The molecule has 0 aliphatic heterocycles. The lowest BCUT2D eigenvalue weighted by atomic mass is 10.2. The number of carbonyl (C=O) groups excluding carboxylic acids is 1. The van der Waals surface area contributed by atoms with E-state index in [2.05, 4.69) is 9.97 Å². The monoisotopic (exact) mass is 265 g/mol. The van der Waals surface area contributed by atoms with E-state index >= 15 is 0 Å². The second-order valence-corrected chi connectivity index (χ2v) is 5.60. The predicted octanol–water partition coefficient (Wildman–Crippen LogP) is 2.06. The van der Waals surface area contributed by atoms with Gasteiger partial charge in [0.1, 0.15) is 5.65 Å². The van der Waals surface area contributed by atoms with E-state index in [1.54, 1.807) is 18.4 Å². The molecule has 0 spiro atoms. The molecule has 96 valence electrons. The molecule has 2 aromatic heterocycles. The first-order valence-electron chi connectivity index (χ1n) is 5.96. The molecular weight excluding hydrogens is 250 g/mol. The molecule has 1 saturated carbocycles. The summed E-state index contributed by atoms with van der Waals surface area (Å²) >= 11 is 1.71. The topological polar surface area (TPSA) is 58.2 Å². The van der Waals surface area contributed by atoms with Crippen molar-refractivity contribution in [3.8, 4) is 0 Å². The van der Waals surface area contributed by atoms with E-state index < -0.39 is 0 Å². The molecule has 3 rings (SSSR count). The average molecular weight is 265 g/mol. The highest BCUT2D eigenvalue weighted by atomic mass is 32.1. The molecule has 1 aliphatic carbocycles. The Morgan fingerprint density at radius 1 is 1.67 bits per heavy atom. The van der Waals surface area contributed by atoms with Gasteiger partial charge in [0.05, 0.1) is 23.2 Å². The highest BCUT2D eigenvalue weighted by Crippen LogP contribution is 2.43. The van der Waals surface area contributed by atoms with Crippen LogP contribution in [-0.2, 0) is 16.1 Å². The summed E-state index contributed by atoms with van der Waals surface area (Å²) in [5, 5.41) is 2.45. The molecule has 1 amide bonds.